The van der Waals surface area contributed by atoms with E-state index in [2.05, 4.69) is 36.3 Å². The Bertz CT molecular complexity index is 887. The molecule has 0 unspecified atom stereocenters. The van der Waals surface area contributed by atoms with Crippen LogP contribution in [0.25, 0.3) is 11.7 Å². The standard InChI is InChI=1S/C21H26N4O3/c1-4-11-25(14-20-23-24-21(28-20)18-10-7-12-27-18)13-19(26)22-17-9-6-5-8-16(17)15(2)3/h5-10,12,15H,4,11,13-14H2,1-3H3,(H,22,26). The molecule has 0 bridgehead atoms. The fourth-order valence-corrected chi connectivity index (χ4v) is 3.05. The molecular formula is C21H26N4O3. The second kappa shape index (κ2) is 9.32. The predicted octanol–water partition coefficient (Wildman–Crippen LogP) is 4.30. The Morgan fingerprint density at radius 3 is 2.71 bits per heavy atom. The number of hydrogen-bond donors (Lipinski definition) is 1. The van der Waals surface area contributed by atoms with E-state index >= 15 is 0 Å². The maximum absolute atomic E-state index is 12.6. The van der Waals surface area contributed by atoms with Crippen LogP contribution in [0.4, 0.5) is 5.69 Å². The Morgan fingerprint density at radius 2 is 2.00 bits per heavy atom. The van der Waals surface area contributed by atoms with Crippen LogP contribution in [0, 0.1) is 0 Å². The first-order chi connectivity index (χ1) is 13.6. The van der Waals surface area contributed by atoms with Gasteiger partial charge in [-0.3, -0.25) is 9.69 Å². The molecule has 0 aliphatic heterocycles. The van der Waals surface area contributed by atoms with Crippen LogP contribution in [0.3, 0.4) is 0 Å². The van der Waals surface area contributed by atoms with Crippen molar-refractivity contribution < 1.29 is 13.6 Å². The van der Waals surface area contributed by atoms with Crippen molar-refractivity contribution in [2.24, 2.45) is 0 Å². The van der Waals surface area contributed by atoms with E-state index in [0.717, 1.165) is 24.2 Å². The van der Waals surface area contributed by atoms with Crippen LogP contribution in [-0.4, -0.2) is 34.1 Å². The smallest absolute Gasteiger partial charge is 0.283 e. The molecule has 0 saturated heterocycles. The molecule has 0 radical (unpaired) electrons. The van der Waals surface area contributed by atoms with Gasteiger partial charge in [-0.2, -0.15) is 0 Å². The Morgan fingerprint density at radius 1 is 1.18 bits per heavy atom. The van der Waals surface area contributed by atoms with Crippen LogP contribution in [0.5, 0.6) is 0 Å². The lowest BCUT2D eigenvalue weighted by atomic mass is 10.0. The molecular weight excluding hydrogens is 356 g/mol. The van der Waals surface area contributed by atoms with Crippen molar-refractivity contribution in [2.75, 3.05) is 18.4 Å². The van der Waals surface area contributed by atoms with Crippen LogP contribution in [0.15, 0.2) is 51.5 Å². The van der Waals surface area contributed by atoms with Gasteiger partial charge >= 0.3 is 0 Å². The molecule has 7 nitrogen and oxygen atoms in total. The van der Waals surface area contributed by atoms with Crippen LogP contribution in [0.1, 0.15) is 44.6 Å². The Hall–Kier alpha value is -2.93. The number of hydrogen-bond acceptors (Lipinski definition) is 6. The Kier molecular flexibility index (Phi) is 6.60. The minimum atomic E-state index is -0.0627. The minimum Gasteiger partial charge on any atom is -0.459 e. The van der Waals surface area contributed by atoms with Gasteiger partial charge in [0.2, 0.25) is 11.8 Å². The van der Waals surface area contributed by atoms with Crippen LogP contribution >= 0.6 is 0 Å². The quantitative estimate of drug-likeness (QED) is 0.594. The molecule has 1 aromatic carbocycles. The number of benzene rings is 1. The topological polar surface area (TPSA) is 84.4 Å². The highest BCUT2D eigenvalue weighted by Crippen LogP contribution is 2.23. The van der Waals surface area contributed by atoms with Crippen molar-refractivity contribution in [3.05, 3.63) is 54.1 Å². The first-order valence-corrected chi connectivity index (χ1v) is 9.54. The van der Waals surface area contributed by atoms with Gasteiger partial charge in [-0.25, -0.2) is 0 Å². The van der Waals surface area contributed by atoms with E-state index in [-0.39, 0.29) is 12.5 Å². The summed E-state index contributed by atoms with van der Waals surface area (Å²) in [4.78, 5) is 14.6. The minimum absolute atomic E-state index is 0.0627. The second-order valence-corrected chi connectivity index (χ2v) is 6.98. The molecule has 0 atom stereocenters. The molecule has 1 N–H and O–H groups in total. The molecule has 0 spiro atoms. The summed E-state index contributed by atoms with van der Waals surface area (Å²) >= 11 is 0. The summed E-state index contributed by atoms with van der Waals surface area (Å²) in [6.07, 6.45) is 2.47. The summed E-state index contributed by atoms with van der Waals surface area (Å²) in [7, 11) is 0. The van der Waals surface area contributed by atoms with E-state index in [1.807, 2.05) is 29.2 Å². The number of rotatable bonds is 9. The number of carbonyl (C=O) groups is 1. The van der Waals surface area contributed by atoms with Crippen molar-refractivity contribution in [1.29, 1.82) is 0 Å². The highest BCUT2D eigenvalue weighted by molar-refractivity contribution is 5.93. The fraction of sp³-hybridized carbons (Fsp3) is 0.381. The van der Waals surface area contributed by atoms with E-state index in [1.165, 1.54) is 0 Å². The lowest BCUT2D eigenvalue weighted by Crippen LogP contribution is -2.33. The van der Waals surface area contributed by atoms with Crippen molar-refractivity contribution in [1.82, 2.24) is 15.1 Å². The van der Waals surface area contributed by atoms with E-state index in [0.29, 0.717) is 30.0 Å². The summed E-state index contributed by atoms with van der Waals surface area (Å²) in [5.41, 5.74) is 1.98. The van der Waals surface area contributed by atoms with E-state index < -0.39 is 0 Å². The molecule has 3 aromatic rings. The first kappa shape index (κ1) is 19.8. The van der Waals surface area contributed by atoms with Crippen LogP contribution in [-0.2, 0) is 11.3 Å². The summed E-state index contributed by atoms with van der Waals surface area (Å²) < 4.78 is 10.9. The van der Waals surface area contributed by atoms with E-state index in [9.17, 15) is 4.79 Å². The van der Waals surface area contributed by atoms with Crippen molar-refractivity contribution >= 4 is 11.6 Å². The van der Waals surface area contributed by atoms with Crippen LogP contribution in [0.2, 0.25) is 0 Å². The van der Waals surface area contributed by atoms with Gasteiger partial charge in [0.25, 0.3) is 5.89 Å². The zero-order valence-corrected chi connectivity index (χ0v) is 16.5. The van der Waals surface area contributed by atoms with Gasteiger partial charge in [0.15, 0.2) is 5.76 Å². The number of anilines is 1. The lowest BCUT2D eigenvalue weighted by Gasteiger charge is -2.20. The lowest BCUT2D eigenvalue weighted by molar-refractivity contribution is -0.117. The van der Waals surface area contributed by atoms with E-state index in [1.54, 1.807) is 18.4 Å². The third kappa shape index (κ3) is 5.07. The number of para-hydroxylation sites is 1. The predicted molar refractivity (Wildman–Crippen MR) is 107 cm³/mol. The third-order valence-corrected chi connectivity index (χ3v) is 4.32. The van der Waals surface area contributed by atoms with E-state index in [4.69, 9.17) is 8.83 Å². The van der Waals surface area contributed by atoms with Gasteiger partial charge in [-0.15, -0.1) is 10.2 Å². The maximum atomic E-state index is 12.6. The number of nitrogens with zero attached hydrogens (tertiary/aromatic N) is 3. The highest BCUT2D eigenvalue weighted by Gasteiger charge is 2.17. The summed E-state index contributed by atoms with van der Waals surface area (Å²) in [6, 6.07) is 11.4. The summed E-state index contributed by atoms with van der Waals surface area (Å²) in [5, 5.41) is 11.1. The molecule has 2 heterocycles. The number of furan rings is 1. The van der Waals surface area contributed by atoms with Gasteiger partial charge in [0.05, 0.1) is 19.4 Å². The highest BCUT2D eigenvalue weighted by atomic mass is 16.4. The van der Waals surface area contributed by atoms with Crippen molar-refractivity contribution in [3.63, 3.8) is 0 Å². The van der Waals surface area contributed by atoms with Gasteiger partial charge in [0.1, 0.15) is 0 Å². The van der Waals surface area contributed by atoms with Gasteiger partial charge < -0.3 is 14.2 Å². The fourth-order valence-electron chi connectivity index (χ4n) is 3.05. The average Bonchev–Trinajstić information content (AvgIpc) is 3.33. The molecule has 148 valence electrons. The molecule has 0 aliphatic rings. The number of amides is 1. The van der Waals surface area contributed by atoms with Gasteiger partial charge in [-0.05, 0) is 42.6 Å². The number of carbonyl (C=O) groups excluding carboxylic acids is 1. The molecule has 0 saturated carbocycles. The summed E-state index contributed by atoms with van der Waals surface area (Å²) in [6.45, 7) is 7.69. The van der Waals surface area contributed by atoms with Crippen molar-refractivity contribution in [2.45, 2.75) is 39.7 Å². The summed E-state index contributed by atoms with van der Waals surface area (Å²) in [5.74, 6) is 1.60. The zero-order chi connectivity index (χ0) is 19.9. The van der Waals surface area contributed by atoms with Crippen molar-refractivity contribution in [3.8, 4) is 11.7 Å². The molecule has 7 heteroatoms. The molecule has 28 heavy (non-hydrogen) atoms. The zero-order valence-electron chi connectivity index (χ0n) is 16.5. The number of aromatic nitrogens is 2. The van der Waals surface area contributed by atoms with Gasteiger partial charge in [-0.1, -0.05) is 39.0 Å². The SMILES string of the molecule is CCCN(CC(=O)Nc1ccccc1C(C)C)Cc1nnc(-c2ccco2)o1. The second-order valence-electron chi connectivity index (χ2n) is 6.98. The average molecular weight is 382 g/mol. The molecule has 2 aromatic heterocycles. The Labute approximate surface area is 164 Å². The molecule has 0 aliphatic carbocycles. The normalized spacial score (nSPS) is 11.3. The monoisotopic (exact) mass is 382 g/mol. The first-order valence-electron chi connectivity index (χ1n) is 9.54. The van der Waals surface area contributed by atoms with Gasteiger partial charge in [0, 0.05) is 5.69 Å². The maximum Gasteiger partial charge on any atom is 0.283 e. The number of nitrogens with one attached hydrogen (secondary N) is 1. The molecule has 0 fully saturated rings. The molecule has 3 rings (SSSR count). The Balaban J connectivity index is 1.64. The third-order valence-electron chi connectivity index (χ3n) is 4.32. The molecule has 1 amide bonds. The van der Waals surface area contributed by atoms with Crippen LogP contribution < -0.4 is 5.32 Å². The largest absolute Gasteiger partial charge is 0.459 e.